The highest BCUT2D eigenvalue weighted by Gasteiger charge is 2.19. The molecule has 0 amide bonds. The molecule has 0 spiro atoms. The second-order valence-electron chi connectivity index (χ2n) is 7.86. The average molecular weight is 415 g/mol. The number of hydrogen-bond donors (Lipinski definition) is 2. The SMILES string of the molecule is CN=C(NCC1CCN(Cc2ccc(OC)cc2)CC1)NCC(C)c1ccsc1. The number of hydrogen-bond acceptors (Lipinski definition) is 4. The van der Waals surface area contributed by atoms with E-state index in [9.17, 15) is 0 Å². The lowest BCUT2D eigenvalue weighted by Crippen LogP contribution is -2.43. The van der Waals surface area contributed by atoms with E-state index in [2.05, 4.69) is 56.4 Å². The Balaban J connectivity index is 1.35. The third-order valence-corrected chi connectivity index (χ3v) is 6.44. The summed E-state index contributed by atoms with van der Waals surface area (Å²) in [6, 6.07) is 10.6. The Bertz CT molecular complexity index is 737. The number of aliphatic imine (C=N–C) groups is 1. The van der Waals surface area contributed by atoms with Gasteiger partial charge in [0.15, 0.2) is 5.96 Å². The number of benzene rings is 1. The van der Waals surface area contributed by atoms with Crippen LogP contribution >= 0.6 is 11.3 Å². The van der Waals surface area contributed by atoms with Gasteiger partial charge in [0.2, 0.25) is 0 Å². The number of thiophene rings is 1. The van der Waals surface area contributed by atoms with Crippen LogP contribution in [-0.4, -0.2) is 51.2 Å². The molecular formula is C23H34N4OS. The van der Waals surface area contributed by atoms with E-state index in [0.29, 0.717) is 11.8 Å². The van der Waals surface area contributed by atoms with Crippen molar-refractivity contribution < 1.29 is 4.74 Å². The maximum Gasteiger partial charge on any atom is 0.191 e. The van der Waals surface area contributed by atoms with E-state index in [4.69, 9.17) is 4.74 Å². The Hall–Kier alpha value is -2.05. The summed E-state index contributed by atoms with van der Waals surface area (Å²) in [6.07, 6.45) is 2.46. The van der Waals surface area contributed by atoms with E-state index in [1.165, 1.54) is 24.0 Å². The van der Waals surface area contributed by atoms with Gasteiger partial charge in [0.25, 0.3) is 0 Å². The number of likely N-dealkylation sites (tertiary alicyclic amines) is 1. The van der Waals surface area contributed by atoms with Crippen LogP contribution in [-0.2, 0) is 6.54 Å². The molecule has 0 saturated carbocycles. The van der Waals surface area contributed by atoms with Gasteiger partial charge in [-0.25, -0.2) is 0 Å². The Morgan fingerprint density at radius 2 is 1.97 bits per heavy atom. The fourth-order valence-electron chi connectivity index (χ4n) is 3.72. The zero-order valence-corrected chi connectivity index (χ0v) is 18.7. The van der Waals surface area contributed by atoms with E-state index in [1.807, 2.05) is 19.2 Å². The van der Waals surface area contributed by atoms with Crippen molar-refractivity contribution in [2.75, 3.05) is 40.3 Å². The molecule has 1 fully saturated rings. The Labute approximate surface area is 179 Å². The first-order valence-electron chi connectivity index (χ1n) is 10.5. The maximum atomic E-state index is 5.24. The molecule has 3 rings (SSSR count). The number of rotatable bonds is 8. The molecule has 158 valence electrons. The highest BCUT2D eigenvalue weighted by Crippen LogP contribution is 2.20. The molecule has 6 heteroatoms. The van der Waals surface area contributed by atoms with Gasteiger partial charge in [-0.1, -0.05) is 19.1 Å². The highest BCUT2D eigenvalue weighted by atomic mass is 32.1. The van der Waals surface area contributed by atoms with Crippen LogP contribution in [0.1, 0.15) is 36.8 Å². The molecule has 1 aromatic heterocycles. The number of methoxy groups -OCH3 is 1. The second-order valence-corrected chi connectivity index (χ2v) is 8.64. The van der Waals surface area contributed by atoms with E-state index < -0.39 is 0 Å². The third-order valence-electron chi connectivity index (χ3n) is 5.74. The number of nitrogens with zero attached hydrogens (tertiary/aromatic N) is 2. The first-order valence-corrected chi connectivity index (χ1v) is 11.4. The molecule has 1 unspecified atom stereocenters. The van der Waals surface area contributed by atoms with Crippen LogP contribution in [0.3, 0.4) is 0 Å². The number of piperidine rings is 1. The minimum absolute atomic E-state index is 0.487. The zero-order chi connectivity index (χ0) is 20.5. The van der Waals surface area contributed by atoms with Gasteiger partial charge in [-0.15, -0.1) is 0 Å². The third kappa shape index (κ3) is 6.75. The summed E-state index contributed by atoms with van der Waals surface area (Å²) in [4.78, 5) is 6.94. The van der Waals surface area contributed by atoms with Crippen molar-refractivity contribution in [3.63, 3.8) is 0 Å². The van der Waals surface area contributed by atoms with Crippen LogP contribution in [0.2, 0.25) is 0 Å². The Morgan fingerprint density at radius 3 is 2.59 bits per heavy atom. The van der Waals surface area contributed by atoms with Gasteiger partial charge < -0.3 is 15.4 Å². The smallest absolute Gasteiger partial charge is 0.191 e. The van der Waals surface area contributed by atoms with Crippen LogP contribution in [0.15, 0.2) is 46.1 Å². The summed E-state index contributed by atoms with van der Waals surface area (Å²) in [5.41, 5.74) is 2.74. The van der Waals surface area contributed by atoms with Crippen LogP contribution in [0, 0.1) is 5.92 Å². The zero-order valence-electron chi connectivity index (χ0n) is 17.9. The highest BCUT2D eigenvalue weighted by molar-refractivity contribution is 7.07. The monoisotopic (exact) mass is 414 g/mol. The predicted molar refractivity (Wildman–Crippen MR) is 123 cm³/mol. The van der Waals surface area contributed by atoms with E-state index in [1.54, 1.807) is 18.4 Å². The molecule has 0 radical (unpaired) electrons. The molecule has 2 aromatic rings. The molecule has 1 aliphatic rings. The van der Waals surface area contributed by atoms with Crippen LogP contribution < -0.4 is 15.4 Å². The average Bonchev–Trinajstić information content (AvgIpc) is 3.30. The normalized spacial score (nSPS) is 17.1. The largest absolute Gasteiger partial charge is 0.497 e. The van der Waals surface area contributed by atoms with Gasteiger partial charge in [-0.3, -0.25) is 9.89 Å². The second kappa shape index (κ2) is 11.2. The van der Waals surface area contributed by atoms with Gasteiger partial charge in [0.1, 0.15) is 5.75 Å². The molecular weight excluding hydrogens is 380 g/mol. The van der Waals surface area contributed by atoms with Crippen molar-refractivity contribution in [1.82, 2.24) is 15.5 Å². The van der Waals surface area contributed by atoms with Gasteiger partial charge in [-0.2, -0.15) is 11.3 Å². The summed E-state index contributed by atoms with van der Waals surface area (Å²) in [5, 5.41) is 11.4. The van der Waals surface area contributed by atoms with Gasteiger partial charge in [0.05, 0.1) is 7.11 Å². The fourth-order valence-corrected chi connectivity index (χ4v) is 4.50. The van der Waals surface area contributed by atoms with Crippen molar-refractivity contribution >= 4 is 17.3 Å². The Morgan fingerprint density at radius 1 is 1.21 bits per heavy atom. The summed E-state index contributed by atoms with van der Waals surface area (Å²) >= 11 is 1.76. The van der Waals surface area contributed by atoms with Gasteiger partial charge >= 0.3 is 0 Å². The standard InChI is InChI=1S/C23H34N4OS/c1-18(21-10-13-29-17-21)14-25-23(24-2)26-15-19-8-11-27(12-9-19)16-20-4-6-22(28-3)7-5-20/h4-7,10,13,17-19H,8-9,11-12,14-16H2,1-3H3,(H2,24,25,26). The number of ether oxygens (including phenoxy) is 1. The lowest BCUT2D eigenvalue weighted by Gasteiger charge is -2.32. The summed E-state index contributed by atoms with van der Waals surface area (Å²) < 4.78 is 5.24. The van der Waals surface area contributed by atoms with Crippen molar-refractivity contribution in [2.24, 2.45) is 10.9 Å². The Kier molecular flexibility index (Phi) is 8.38. The van der Waals surface area contributed by atoms with E-state index in [-0.39, 0.29) is 0 Å². The molecule has 1 aromatic carbocycles. The van der Waals surface area contributed by atoms with Crippen LogP contribution in [0.25, 0.3) is 0 Å². The molecule has 2 N–H and O–H groups in total. The minimum Gasteiger partial charge on any atom is -0.497 e. The molecule has 1 aliphatic heterocycles. The van der Waals surface area contributed by atoms with Gasteiger partial charge in [-0.05, 0) is 77.9 Å². The summed E-state index contributed by atoms with van der Waals surface area (Å²) in [7, 11) is 3.56. The first-order chi connectivity index (χ1) is 14.2. The topological polar surface area (TPSA) is 48.9 Å². The van der Waals surface area contributed by atoms with Crippen LogP contribution in [0.5, 0.6) is 5.75 Å². The molecule has 29 heavy (non-hydrogen) atoms. The summed E-state index contributed by atoms with van der Waals surface area (Å²) in [6.45, 7) is 7.47. The number of nitrogens with one attached hydrogen (secondary N) is 2. The van der Waals surface area contributed by atoms with Crippen LogP contribution in [0.4, 0.5) is 0 Å². The maximum absolute atomic E-state index is 5.24. The van der Waals surface area contributed by atoms with Crippen molar-refractivity contribution in [3.8, 4) is 5.75 Å². The fraction of sp³-hybridized carbons (Fsp3) is 0.522. The molecule has 2 heterocycles. The van der Waals surface area contributed by atoms with Gasteiger partial charge in [0, 0.05) is 26.7 Å². The molecule has 5 nitrogen and oxygen atoms in total. The first kappa shape index (κ1) is 21.7. The predicted octanol–water partition coefficient (Wildman–Crippen LogP) is 3.94. The van der Waals surface area contributed by atoms with Crippen molar-refractivity contribution in [1.29, 1.82) is 0 Å². The molecule has 1 atom stereocenters. The molecule has 1 saturated heterocycles. The lowest BCUT2D eigenvalue weighted by molar-refractivity contribution is 0.178. The van der Waals surface area contributed by atoms with E-state index >= 15 is 0 Å². The van der Waals surface area contributed by atoms with E-state index in [0.717, 1.165) is 44.4 Å². The number of guanidine groups is 1. The molecule has 0 bridgehead atoms. The van der Waals surface area contributed by atoms with Crippen molar-refractivity contribution in [3.05, 3.63) is 52.2 Å². The lowest BCUT2D eigenvalue weighted by atomic mass is 9.96. The minimum atomic E-state index is 0.487. The quantitative estimate of drug-likeness (QED) is 0.507. The van der Waals surface area contributed by atoms with Crippen molar-refractivity contribution in [2.45, 2.75) is 32.2 Å². The summed E-state index contributed by atoms with van der Waals surface area (Å²) in [5.74, 6) is 3.02. The molecule has 0 aliphatic carbocycles.